The topological polar surface area (TPSA) is 54.7 Å². The summed E-state index contributed by atoms with van der Waals surface area (Å²) in [6.45, 7) is 8.07. The Labute approximate surface area is 136 Å². The number of halogens is 1. The molecule has 0 aromatic heterocycles. The molecule has 124 valence electrons. The van der Waals surface area contributed by atoms with Crippen LogP contribution in [0.25, 0.3) is 0 Å². The minimum Gasteiger partial charge on any atom is -0.379 e. The average molecular weight is 331 g/mol. The van der Waals surface area contributed by atoms with Crippen LogP contribution >= 0.6 is 8.53 Å². The number of rotatable bonds is 8. The molecule has 1 saturated heterocycles. The molecule has 0 amide bonds. The number of nitriles is 1. The minimum atomic E-state index is -1.58. The van der Waals surface area contributed by atoms with Gasteiger partial charge in [0.2, 0.25) is 0 Å². The summed E-state index contributed by atoms with van der Waals surface area (Å²) in [6.07, 6.45) is -2.93. The van der Waals surface area contributed by atoms with Crippen molar-refractivity contribution >= 4 is 16.4 Å². The van der Waals surface area contributed by atoms with Gasteiger partial charge in [-0.25, -0.2) is 9.06 Å². The zero-order valence-corrected chi connectivity index (χ0v) is 14.5. The fraction of sp³-hybridized carbons (Fsp3) is 0.929. The molecule has 1 aliphatic rings. The third-order valence-corrected chi connectivity index (χ3v) is 5.33. The van der Waals surface area contributed by atoms with Crippen molar-refractivity contribution in [1.29, 1.82) is 5.26 Å². The fourth-order valence-electron chi connectivity index (χ4n) is 2.27. The van der Waals surface area contributed by atoms with E-state index in [-0.39, 0.29) is 32.0 Å². The van der Waals surface area contributed by atoms with Gasteiger partial charge in [0.15, 0.2) is 0 Å². The predicted molar refractivity (Wildman–Crippen MR) is 85.1 cm³/mol. The van der Waals surface area contributed by atoms with Crippen LogP contribution in [-0.2, 0) is 13.8 Å². The van der Waals surface area contributed by atoms with Crippen molar-refractivity contribution in [1.82, 2.24) is 4.67 Å². The summed E-state index contributed by atoms with van der Waals surface area (Å²) in [5.41, 5.74) is 0. The zero-order chi connectivity index (χ0) is 17.6. The molecule has 1 aliphatic heterocycles. The molecule has 0 saturated carbocycles. The second-order valence-corrected chi connectivity index (χ2v) is 7.11. The third-order valence-electron chi connectivity index (χ3n) is 3.20. The molecule has 8 heteroatoms. The Hall–Kier alpha value is -0.245. The van der Waals surface area contributed by atoms with Gasteiger partial charge in [-0.05, 0) is 34.6 Å². The quantitative estimate of drug-likeness (QED) is 0.389. The van der Waals surface area contributed by atoms with E-state index in [1.807, 2.05) is 38.4 Å². The Morgan fingerprint density at radius 3 is 2.59 bits per heavy atom. The van der Waals surface area contributed by atoms with E-state index in [9.17, 15) is 4.39 Å². The Morgan fingerprint density at radius 1 is 1.45 bits per heavy atom. The highest BCUT2D eigenvalue weighted by Crippen LogP contribution is 2.49. The van der Waals surface area contributed by atoms with Crippen molar-refractivity contribution in [2.45, 2.75) is 77.5 Å². The Kier molecular flexibility index (Phi) is 7.53. The van der Waals surface area contributed by atoms with Crippen LogP contribution in [0.4, 0.5) is 4.39 Å². The Balaban J connectivity index is 2.88. The number of alkyl halides is 1. The zero-order valence-electron chi connectivity index (χ0n) is 14.6. The van der Waals surface area contributed by atoms with Gasteiger partial charge in [0, 0.05) is 13.5 Å². The van der Waals surface area contributed by atoms with Crippen LogP contribution in [0.1, 0.15) is 42.4 Å². The maximum absolute atomic E-state index is 14.3. The first kappa shape index (κ1) is 18.1. The summed E-state index contributed by atoms with van der Waals surface area (Å²) in [5.74, 6) is 0. The number of ether oxygens (including phenoxy) is 1. The van der Waals surface area contributed by atoms with Gasteiger partial charge in [0.05, 0.1) is 31.2 Å². The molecule has 1 heterocycles. The second kappa shape index (κ2) is 9.15. The lowest BCUT2D eigenvalue weighted by Gasteiger charge is -2.37. The van der Waals surface area contributed by atoms with E-state index < -0.39 is 32.9 Å². The Morgan fingerprint density at radius 2 is 2.09 bits per heavy atom. The number of nitrogens with zero attached hydrogens (tertiary/aromatic N) is 2. The first-order valence-corrected chi connectivity index (χ1v) is 8.55. The lowest BCUT2D eigenvalue weighted by molar-refractivity contribution is 0.0433. The van der Waals surface area contributed by atoms with Crippen LogP contribution in [0, 0.1) is 11.3 Å². The summed E-state index contributed by atoms with van der Waals surface area (Å²) < 4.78 is 40.6. The van der Waals surface area contributed by atoms with Gasteiger partial charge in [-0.15, -0.1) is 0 Å². The predicted octanol–water partition coefficient (Wildman–Crippen LogP) is 2.90. The molecule has 5 nitrogen and oxygen atoms in total. The van der Waals surface area contributed by atoms with Gasteiger partial charge in [0.1, 0.15) is 20.1 Å². The highest BCUT2D eigenvalue weighted by Gasteiger charge is 2.44. The molecule has 1 rings (SSSR count). The molecule has 5 atom stereocenters. The van der Waals surface area contributed by atoms with Crippen LogP contribution in [0.2, 0.25) is 0 Å². The lowest BCUT2D eigenvalue weighted by atomic mass is 9.94. The number of hydrogen-bond donors (Lipinski definition) is 0. The summed E-state index contributed by atoms with van der Waals surface area (Å²) in [6, 6.07) is 1.16. The summed E-state index contributed by atoms with van der Waals surface area (Å²) in [7, 11) is 4.00. The molecule has 5 unspecified atom stereocenters. The van der Waals surface area contributed by atoms with E-state index in [2.05, 4.69) is 0 Å². The molecule has 0 bridgehead atoms. The standard InChI is InChI=1S/C14H25BFN2O3P/c1-9(2)18(10(3)4)22(19-8-6-7-17)21-13-11(5)20-14(15)12(13)16/h9-14H,6,8H2,1-5H3/i5D. The molecular weight excluding hydrogens is 305 g/mol. The SMILES string of the molecule is [2H]CC1OC([B])C(F)C1OP(OCCC#N)N(C(C)C)C(C)C. The molecule has 1 fully saturated rings. The van der Waals surface area contributed by atoms with Crippen LogP contribution in [0.15, 0.2) is 0 Å². The van der Waals surface area contributed by atoms with Crippen molar-refractivity contribution in [2.24, 2.45) is 0 Å². The summed E-state index contributed by atoms with van der Waals surface area (Å²) in [4.78, 5) is 0. The smallest absolute Gasteiger partial charge is 0.259 e. The van der Waals surface area contributed by atoms with Crippen LogP contribution in [0.3, 0.4) is 0 Å². The van der Waals surface area contributed by atoms with Gasteiger partial charge < -0.3 is 13.8 Å². The summed E-state index contributed by atoms with van der Waals surface area (Å²) in [5, 5.41) is 8.68. The van der Waals surface area contributed by atoms with Gasteiger partial charge in [-0.3, -0.25) is 0 Å². The van der Waals surface area contributed by atoms with Gasteiger partial charge in [-0.1, -0.05) is 0 Å². The monoisotopic (exact) mass is 331 g/mol. The van der Waals surface area contributed by atoms with Crippen LogP contribution < -0.4 is 0 Å². The molecular formula is C14H25BFN2O3P. The van der Waals surface area contributed by atoms with Crippen molar-refractivity contribution in [3.63, 3.8) is 0 Å². The fourth-order valence-corrected chi connectivity index (χ4v) is 4.04. The van der Waals surface area contributed by atoms with Crippen molar-refractivity contribution in [3.8, 4) is 6.07 Å². The van der Waals surface area contributed by atoms with Crippen molar-refractivity contribution < 1.29 is 19.5 Å². The normalized spacial score (nSPS) is 30.8. The molecule has 0 aliphatic carbocycles. The Bertz CT molecular complexity index is 395. The number of hydrogen-bond acceptors (Lipinski definition) is 5. The molecule has 2 radical (unpaired) electrons. The first-order chi connectivity index (χ1) is 10.8. The summed E-state index contributed by atoms with van der Waals surface area (Å²) >= 11 is 0. The van der Waals surface area contributed by atoms with Gasteiger partial charge >= 0.3 is 0 Å². The maximum atomic E-state index is 14.3. The van der Waals surface area contributed by atoms with E-state index in [1.165, 1.54) is 0 Å². The van der Waals surface area contributed by atoms with E-state index >= 15 is 0 Å². The van der Waals surface area contributed by atoms with Crippen LogP contribution in [-0.4, -0.2) is 55.6 Å². The first-order valence-electron chi connectivity index (χ1n) is 8.13. The highest BCUT2D eigenvalue weighted by molar-refractivity contribution is 7.44. The molecule has 22 heavy (non-hydrogen) atoms. The van der Waals surface area contributed by atoms with Gasteiger partial charge in [0.25, 0.3) is 8.53 Å². The lowest BCUT2D eigenvalue weighted by Crippen LogP contribution is -2.37. The van der Waals surface area contributed by atoms with E-state index in [0.29, 0.717) is 0 Å². The van der Waals surface area contributed by atoms with Crippen molar-refractivity contribution in [3.05, 3.63) is 0 Å². The largest absolute Gasteiger partial charge is 0.379 e. The molecule has 0 aromatic carbocycles. The maximum Gasteiger partial charge on any atom is 0.259 e. The van der Waals surface area contributed by atoms with E-state index in [0.717, 1.165) is 0 Å². The van der Waals surface area contributed by atoms with Crippen LogP contribution in [0.5, 0.6) is 0 Å². The van der Waals surface area contributed by atoms with E-state index in [1.54, 1.807) is 0 Å². The van der Waals surface area contributed by atoms with E-state index in [4.69, 9.17) is 28.3 Å². The molecule has 0 aromatic rings. The minimum absolute atomic E-state index is 0.117. The van der Waals surface area contributed by atoms with Crippen molar-refractivity contribution in [2.75, 3.05) is 6.61 Å². The second-order valence-electron chi connectivity index (χ2n) is 5.70. The highest BCUT2D eigenvalue weighted by atomic mass is 31.2. The van der Waals surface area contributed by atoms with Gasteiger partial charge in [-0.2, -0.15) is 5.26 Å². The molecule has 0 N–H and O–H groups in total. The average Bonchev–Trinajstić information content (AvgIpc) is 2.74. The third kappa shape index (κ3) is 5.14. The molecule has 0 spiro atoms.